The lowest BCUT2D eigenvalue weighted by Gasteiger charge is -2.29. The zero-order valence-electron chi connectivity index (χ0n) is 11.6. The fourth-order valence-electron chi connectivity index (χ4n) is 3.33. The molecule has 5 nitrogen and oxygen atoms in total. The second-order valence-electron chi connectivity index (χ2n) is 5.89. The van der Waals surface area contributed by atoms with E-state index in [4.69, 9.17) is 15.0 Å². The second kappa shape index (κ2) is 5.21. The van der Waals surface area contributed by atoms with Gasteiger partial charge in [-0.15, -0.1) is 0 Å². The summed E-state index contributed by atoms with van der Waals surface area (Å²) in [6.07, 6.45) is 7.67. The Morgan fingerprint density at radius 3 is 2.84 bits per heavy atom. The van der Waals surface area contributed by atoms with E-state index in [0.717, 1.165) is 51.0 Å². The largest absolute Gasteiger partial charge is 0.377 e. The lowest BCUT2D eigenvalue weighted by atomic mass is 9.82. The van der Waals surface area contributed by atoms with E-state index in [1.54, 1.807) is 0 Å². The maximum atomic E-state index is 6.44. The van der Waals surface area contributed by atoms with Crippen LogP contribution in [0.3, 0.4) is 0 Å². The van der Waals surface area contributed by atoms with Gasteiger partial charge in [0.2, 0.25) is 5.89 Å². The molecule has 2 aliphatic rings. The molecule has 0 aromatic carbocycles. The van der Waals surface area contributed by atoms with Gasteiger partial charge >= 0.3 is 0 Å². The van der Waals surface area contributed by atoms with Crippen molar-refractivity contribution >= 4 is 0 Å². The number of hydrogen-bond donors (Lipinski definition) is 1. The minimum atomic E-state index is -0.374. The first kappa shape index (κ1) is 13.1. The predicted octanol–water partition coefficient (Wildman–Crippen LogP) is 2.47. The molecule has 19 heavy (non-hydrogen) atoms. The van der Waals surface area contributed by atoms with Gasteiger partial charge in [0.05, 0.1) is 17.6 Å². The molecule has 2 fully saturated rings. The Bertz CT molecular complexity index is 426. The van der Waals surface area contributed by atoms with Crippen LogP contribution in [-0.2, 0) is 10.3 Å². The highest BCUT2D eigenvalue weighted by Crippen LogP contribution is 2.36. The minimum absolute atomic E-state index is 0.216. The highest BCUT2D eigenvalue weighted by molar-refractivity contribution is 5.08. The van der Waals surface area contributed by atoms with Crippen molar-refractivity contribution in [2.24, 2.45) is 5.73 Å². The normalized spacial score (nSPS) is 30.6. The summed E-state index contributed by atoms with van der Waals surface area (Å²) >= 11 is 0. The molecule has 0 amide bonds. The average Bonchev–Trinajstić information content (AvgIpc) is 3.08. The molecular formula is C14H23N3O2. The average molecular weight is 265 g/mol. The molecule has 2 atom stereocenters. The van der Waals surface area contributed by atoms with Gasteiger partial charge in [-0.2, -0.15) is 4.98 Å². The fraction of sp³-hybridized carbons (Fsp3) is 0.857. The van der Waals surface area contributed by atoms with Gasteiger partial charge in [-0.1, -0.05) is 31.3 Å². The Morgan fingerprint density at radius 2 is 2.11 bits per heavy atom. The minimum Gasteiger partial charge on any atom is -0.377 e. The van der Waals surface area contributed by atoms with Gasteiger partial charge in [-0.05, 0) is 25.7 Å². The lowest BCUT2D eigenvalue weighted by Crippen LogP contribution is -2.39. The molecule has 1 aromatic heterocycles. The summed E-state index contributed by atoms with van der Waals surface area (Å²) in [5.41, 5.74) is 6.07. The molecule has 2 unspecified atom stereocenters. The van der Waals surface area contributed by atoms with Crippen LogP contribution in [0, 0.1) is 0 Å². The van der Waals surface area contributed by atoms with Crippen molar-refractivity contribution in [1.29, 1.82) is 0 Å². The van der Waals surface area contributed by atoms with Crippen LogP contribution >= 0.6 is 0 Å². The maximum absolute atomic E-state index is 6.44. The van der Waals surface area contributed by atoms with Crippen molar-refractivity contribution in [3.63, 3.8) is 0 Å². The van der Waals surface area contributed by atoms with Crippen molar-refractivity contribution < 1.29 is 9.26 Å². The van der Waals surface area contributed by atoms with Crippen molar-refractivity contribution in [3.05, 3.63) is 11.7 Å². The summed E-state index contributed by atoms with van der Waals surface area (Å²) in [5, 5.41) is 4.16. The molecule has 2 heterocycles. The molecule has 1 aliphatic heterocycles. The Kier molecular flexibility index (Phi) is 3.58. The first-order chi connectivity index (χ1) is 9.23. The van der Waals surface area contributed by atoms with Gasteiger partial charge in [-0.3, -0.25) is 0 Å². The van der Waals surface area contributed by atoms with Crippen LogP contribution in [0.4, 0.5) is 0 Å². The van der Waals surface area contributed by atoms with Crippen LogP contribution in [-0.4, -0.2) is 22.9 Å². The number of nitrogens with two attached hydrogens (primary N) is 1. The highest BCUT2D eigenvalue weighted by Gasteiger charge is 2.37. The zero-order valence-corrected chi connectivity index (χ0v) is 11.6. The Morgan fingerprint density at radius 1 is 1.32 bits per heavy atom. The van der Waals surface area contributed by atoms with Crippen LogP contribution in [0.15, 0.2) is 4.52 Å². The summed E-state index contributed by atoms with van der Waals surface area (Å²) < 4.78 is 11.2. The maximum Gasteiger partial charge on any atom is 0.232 e. The number of nitrogens with zero attached hydrogens (tertiary/aromatic N) is 2. The van der Waals surface area contributed by atoms with E-state index in [2.05, 4.69) is 17.1 Å². The molecule has 1 aromatic rings. The third-order valence-electron chi connectivity index (χ3n) is 4.56. The SMILES string of the molecule is CCC1OCCC1c1nc(C2(N)CCCCC2)no1. The number of hydrogen-bond acceptors (Lipinski definition) is 5. The van der Waals surface area contributed by atoms with E-state index in [0.29, 0.717) is 5.82 Å². The molecule has 0 spiro atoms. The predicted molar refractivity (Wildman–Crippen MR) is 70.6 cm³/mol. The first-order valence-corrected chi connectivity index (χ1v) is 7.47. The summed E-state index contributed by atoms with van der Waals surface area (Å²) in [4.78, 5) is 4.60. The first-order valence-electron chi connectivity index (χ1n) is 7.47. The molecule has 0 radical (unpaired) electrons. The third-order valence-corrected chi connectivity index (χ3v) is 4.56. The topological polar surface area (TPSA) is 74.2 Å². The monoisotopic (exact) mass is 265 g/mol. The highest BCUT2D eigenvalue weighted by atomic mass is 16.5. The standard InChI is InChI=1S/C14H23N3O2/c1-2-11-10(6-9-18-11)12-16-13(17-19-12)14(15)7-4-3-5-8-14/h10-11H,2-9,15H2,1H3. The van der Waals surface area contributed by atoms with Crippen molar-refractivity contribution in [3.8, 4) is 0 Å². The Hall–Kier alpha value is -0.940. The fourth-order valence-corrected chi connectivity index (χ4v) is 3.33. The van der Waals surface area contributed by atoms with E-state index in [1.807, 2.05) is 0 Å². The van der Waals surface area contributed by atoms with Crippen molar-refractivity contribution in [1.82, 2.24) is 10.1 Å². The molecule has 2 N–H and O–H groups in total. The lowest BCUT2D eigenvalue weighted by molar-refractivity contribution is 0.0953. The molecule has 1 aliphatic carbocycles. The zero-order chi connectivity index (χ0) is 13.3. The van der Waals surface area contributed by atoms with Crippen molar-refractivity contribution in [2.45, 2.75) is 69.4 Å². The number of rotatable bonds is 3. The van der Waals surface area contributed by atoms with Crippen LogP contribution < -0.4 is 5.73 Å². The third kappa shape index (κ3) is 2.41. The van der Waals surface area contributed by atoms with Gasteiger partial charge in [0, 0.05) is 6.61 Å². The number of ether oxygens (including phenoxy) is 1. The molecular weight excluding hydrogens is 242 g/mol. The molecule has 3 rings (SSSR count). The number of aromatic nitrogens is 2. The Labute approximate surface area is 113 Å². The second-order valence-corrected chi connectivity index (χ2v) is 5.89. The van der Waals surface area contributed by atoms with E-state index < -0.39 is 0 Å². The van der Waals surface area contributed by atoms with Gasteiger partial charge in [0.25, 0.3) is 0 Å². The van der Waals surface area contributed by atoms with Crippen LogP contribution in [0.1, 0.15) is 69.5 Å². The molecule has 1 saturated carbocycles. The molecule has 1 saturated heterocycles. The van der Waals surface area contributed by atoms with E-state index in [9.17, 15) is 0 Å². The van der Waals surface area contributed by atoms with Crippen LogP contribution in [0.25, 0.3) is 0 Å². The van der Waals surface area contributed by atoms with Gasteiger partial charge in [-0.25, -0.2) is 0 Å². The smallest absolute Gasteiger partial charge is 0.232 e. The Balaban J connectivity index is 1.79. The van der Waals surface area contributed by atoms with Crippen LogP contribution in [0.5, 0.6) is 0 Å². The summed E-state index contributed by atoms with van der Waals surface area (Å²) in [6, 6.07) is 0. The van der Waals surface area contributed by atoms with Gasteiger partial charge in [0.1, 0.15) is 0 Å². The van der Waals surface area contributed by atoms with Crippen molar-refractivity contribution in [2.75, 3.05) is 6.61 Å². The van der Waals surface area contributed by atoms with E-state index >= 15 is 0 Å². The van der Waals surface area contributed by atoms with E-state index in [-0.39, 0.29) is 17.6 Å². The van der Waals surface area contributed by atoms with E-state index in [1.165, 1.54) is 6.42 Å². The summed E-state index contributed by atoms with van der Waals surface area (Å²) in [5.74, 6) is 1.66. The molecule has 106 valence electrons. The summed E-state index contributed by atoms with van der Waals surface area (Å²) in [6.45, 7) is 2.92. The van der Waals surface area contributed by atoms with Gasteiger partial charge < -0.3 is 15.0 Å². The van der Waals surface area contributed by atoms with Gasteiger partial charge in [0.15, 0.2) is 5.82 Å². The quantitative estimate of drug-likeness (QED) is 0.908. The van der Waals surface area contributed by atoms with Crippen LogP contribution in [0.2, 0.25) is 0 Å². The summed E-state index contributed by atoms with van der Waals surface area (Å²) in [7, 11) is 0. The molecule has 5 heteroatoms. The molecule has 0 bridgehead atoms.